The van der Waals surface area contributed by atoms with Gasteiger partial charge in [-0.3, -0.25) is 14.4 Å². The largest absolute Gasteiger partial charge is 0.468 e. The summed E-state index contributed by atoms with van der Waals surface area (Å²) in [5, 5.41) is 0. The van der Waals surface area contributed by atoms with Crippen molar-refractivity contribution < 1.29 is 19.1 Å². The van der Waals surface area contributed by atoms with Gasteiger partial charge in [-0.05, 0) is 67.9 Å². The molecule has 4 nitrogen and oxygen atoms in total. The Morgan fingerprint density at radius 2 is 1.88 bits per heavy atom. The molecule has 4 rings (SSSR count). The molecule has 3 fully saturated rings. The van der Waals surface area contributed by atoms with Crippen LogP contribution in [0.5, 0.6) is 0 Å². The fourth-order valence-corrected chi connectivity index (χ4v) is 6.56. The standard InChI is InChI=1S/C20H26O4/c1-19-9-8-16-14(15(19)5-6-17(19)22)4-3-12-11-13(21)7-10-20(12,16)18(23)24-2/h11,14-16H,3-10H2,1-2H3. The van der Waals surface area contributed by atoms with Gasteiger partial charge in [0.15, 0.2) is 5.78 Å². The minimum Gasteiger partial charge on any atom is -0.468 e. The van der Waals surface area contributed by atoms with Crippen LogP contribution in [0.15, 0.2) is 11.6 Å². The molecule has 4 heteroatoms. The average molecular weight is 330 g/mol. The van der Waals surface area contributed by atoms with E-state index in [1.54, 1.807) is 6.08 Å². The van der Waals surface area contributed by atoms with E-state index in [1.165, 1.54) is 7.11 Å². The molecule has 0 N–H and O–H groups in total. The Labute approximate surface area is 143 Å². The molecule has 0 radical (unpaired) electrons. The van der Waals surface area contributed by atoms with Crippen LogP contribution in [0, 0.1) is 28.6 Å². The number of esters is 1. The SMILES string of the molecule is COC(=O)C12CCC(=O)C=C1CCC1C3CCC(=O)C3(C)CCC12. The van der Waals surface area contributed by atoms with Crippen molar-refractivity contribution in [3.8, 4) is 0 Å². The summed E-state index contributed by atoms with van der Waals surface area (Å²) in [6.07, 6.45) is 7.96. The van der Waals surface area contributed by atoms with Crippen molar-refractivity contribution in [2.24, 2.45) is 28.6 Å². The quantitative estimate of drug-likeness (QED) is 0.693. The molecule has 0 aromatic rings. The van der Waals surface area contributed by atoms with Gasteiger partial charge in [-0.25, -0.2) is 0 Å². The van der Waals surface area contributed by atoms with Gasteiger partial charge in [0.1, 0.15) is 5.78 Å². The normalized spacial score (nSPS) is 44.2. The summed E-state index contributed by atoms with van der Waals surface area (Å²) in [6, 6.07) is 0. The highest BCUT2D eigenvalue weighted by atomic mass is 16.5. The molecule has 24 heavy (non-hydrogen) atoms. The van der Waals surface area contributed by atoms with Crippen molar-refractivity contribution in [3.63, 3.8) is 0 Å². The highest BCUT2D eigenvalue weighted by molar-refractivity contribution is 5.95. The molecule has 3 saturated carbocycles. The van der Waals surface area contributed by atoms with Crippen molar-refractivity contribution >= 4 is 17.5 Å². The van der Waals surface area contributed by atoms with Gasteiger partial charge in [-0.2, -0.15) is 0 Å². The molecule has 0 spiro atoms. The van der Waals surface area contributed by atoms with Crippen LogP contribution in [0.4, 0.5) is 0 Å². The number of ether oxygens (including phenoxy) is 1. The van der Waals surface area contributed by atoms with Crippen molar-refractivity contribution in [2.75, 3.05) is 7.11 Å². The predicted octanol–water partition coefficient (Wildman–Crippen LogP) is 3.24. The number of carbonyl (C=O) groups excluding carboxylic acids is 3. The number of carbonyl (C=O) groups is 3. The number of methoxy groups -OCH3 is 1. The van der Waals surface area contributed by atoms with E-state index in [-0.39, 0.29) is 23.1 Å². The first-order valence-corrected chi connectivity index (χ1v) is 9.29. The maximum Gasteiger partial charge on any atom is 0.316 e. The average Bonchev–Trinajstić information content (AvgIpc) is 2.89. The lowest BCUT2D eigenvalue weighted by atomic mass is 9.47. The number of hydrogen-bond acceptors (Lipinski definition) is 4. The number of hydrogen-bond donors (Lipinski definition) is 0. The maximum atomic E-state index is 12.9. The van der Waals surface area contributed by atoms with Crippen LogP contribution < -0.4 is 0 Å². The van der Waals surface area contributed by atoms with E-state index in [0.29, 0.717) is 36.9 Å². The lowest BCUT2D eigenvalue weighted by Gasteiger charge is -2.56. The Morgan fingerprint density at radius 3 is 2.62 bits per heavy atom. The minimum absolute atomic E-state index is 0.139. The lowest BCUT2D eigenvalue weighted by molar-refractivity contribution is -0.163. The Balaban J connectivity index is 1.78. The van der Waals surface area contributed by atoms with Gasteiger partial charge in [-0.1, -0.05) is 6.92 Å². The zero-order chi connectivity index (χ0) is 17.1. The van der Waals surface area contributed by atoms with E-state index in [9.17, 15) is 14.4 Å². The molecule has 4 aliphatic rings. The lowest BCUT2D eigenvalue weighted by Crippen LogP contribution is -2.55. The molecule has 0 aromatic heterocycles. The Hall–Kier alpha value is -1.45. The third kappa shape index (κ3) is 1.89. The first-order chi connectivity index (χ1) is 11.4. The van der Waals surface area contributed by atoms with E-state index in [1.807, 2.05) is 0 Å². The third-order valence-electron chi connectivity index (χ3n) is 7.75. The fraction of sp³-hybridized carbons (Fsp3) is 0.750. The first-order valence-electron chi connectivity index (χ1n) is 9.29. The number of ketones is 2. The van der Waals surface area contributed by atoms with Crippen LogP contribution in [-0.4, -0.2) is 24.6 Å². The monoisotopic (exact) mass is 330 g/mol. The second-order valence-corrected chi connectivity index (χ2v) is 8.43. The van der Waals surface area contributed by atoms with Gasteiger partial charge in [0, 0.05) is 18.3 Å². The summed E-state index contributed by atoms with van der Waals surface area (Å²) in [5.74, 6) is 1.41. The van der Waals surface area contributed by atoms with E-state index in [2.05, 4.69) is 6.92 Å². The molecule has 4 aliphatic carbocycles. The molecule has 0 aromatic carbocycles. The number of rotatable bonds is 1. The second kappa shape index (κ2) is 5.27. The molecule has 0 bridgehead atoms. The second-order valence-electron chi connectivity index (χ2n) is 8.43. The fourth-order valence-electron chi connectivity index (χ4n) is 6.56. The molecular weight excluding hydrogens is 304 g/mol. The van der Waals surface area contributed by atoms with Crippen LogP contribution in [-0.2, 0) is 19.1 Å². The molecule has 0 aliphatic heterocycles. The van der Waals surface area contributed by atoms with Crippen LogP contribution in [0.2, 0.25) is 0 Å². The Bertz CT molecular complexity index is 648. The highest BCUT2D eigenvalue weighted by Gasteiger charge is 2.62. The molecule has 5 unspecified atom stereocenters. The third-order valence-corrected chi connectivity index (χ3v) is 7.75. The van der Waals surface area contributed by atoms with Crippen LogP contribution in [0.3, 0.4) is 0 Å². The smallest absolute Gasteiger partial charge is 0.316 e. The van der Waals surface area contributed by atoms with E-state index < -0.39 is 5.41 Å². The Morgan fingerprint density at radius 1 is 1.08 bits per heavy atom. The van der Waals surface area contributed by atoms with Gasteiger partial charge in [0.2, 0.25) is 0 Å². The molecule has 5 atom stereocenters. The summed E-state index contributed by atoms with van der Waals surface area (Å²) in [6.45, 7) is 2.14. The highest BCUT2D eigenvalue weighted by Crippen LogP contribution is 2.64. The first kappa shape index (κ1) is 16.0. The van der Waals surface area contributed by atoms with Crippen molar-refractivity contribution in [1.82, 2.24) is 0 Å². The van der Waals surface area contributed by atoms with E-state index in [4.69, 9.17) is 4.74 Å². The maximum absolute atomic E-state index is 12.9. The zero-order valence-electron chi connectivity index (χ0n) is 14.6. The topological polar surface area (TPSA) is 60.4 Å². The van der Waals surface area contributed by atoms with Gasteiger partial charge >= 0.3 is 5.97 Å². The summed E-state index contributed by atoms with van der Waals surface area (Å²) in [7, 11) is 1.46. The van der Waals surface area contributed by atoms with Crippen LogP contribution in [0.25, 0.3) is 0 Å². The van der Waals surface area contributed by atoms with Crippen molar-refractivity contribution in [1.29, 1.82) is 0 Å². The molecule has 0 amide bonds. The molecular formula is C20H26O4. The summed E-state index contributed by atoms with van der Waals surface area (Å²) < 4.78 is 5.23. The molecule has 0 saturated heterocycles. The number of fused-ring (bicyclic) bond motifs is 5. The van der Waals surface area contributed by atoms with Crippen LogP contribution >= 0.6 is 0 Å². The summed E-state index contributed by atoms with van der Waals surface area (Å²) in [5.41, 5.74) is 0.197. The van der Waals surface area contributed by atoms with Gasteiger partial charge in [0.05, 0.1) is 12.5 Å². The zero-order valence-corrected chi connectivity index (χ0v) is 14.6. The number of Topliss-reactive ketones (excluding diaryl/α,β-unsaturated/α-hetero) is 1. The van der Waals surface area contributed by atoms with Gasteiger partial charge < -0.3 is 4.74 Å². The van der Waals surface area contributed by atoms with Gasteiger partial charge in [-0.15, -0.1) is 0 Å². The van der Waals surface area contributed by atoms with Crippen molar-refractivity contribution in [3.05, 3.63) is 11.6 Å². The molecule has 0 heterocycles. The molecule has 130 valence electrons. The van der Waals surface area contributed by atoms with E-state index in [0.717, 1.165) is 37.7 Å². The minimum atomic E-state index is -0.613. The van der Waals surface area contributed by atoms with E-state index >= 15 is 0 Å². The summed E-state index contributed by atoms with van der Waals surface area (Å²) in [4.78, 5) is 37.3. The van der Waals surface area contributed by atoms with Crippen molar-refractivity contribution in [2.45, 2.75) is 58.3 Å². The summed E-state index contributed by atoms with van der Waals surface area (Å²) >= 11 is 0. The predicted molar refractivity (Wildman–Crippen MR) is 88.1 cm³/mol. The Kier molecular flexibility index (Phi) is 3.52. The van der Waals surface area contributed by atoms with Gasteiger partial charge in [0.25, 0.3) is 0 Å². The van der Waals surface area contributed by atoms with Crippen LogP contribution in [0.1, 0.15) is 58.3 Å².